The van der Waals surface area contributed by atoms with Crippen LogP contribution < -0.4 is 5.32 Å². The van der Waals surface area contributed by atoms with Crippen molar-refractivity contribution in [1.82, 2.24) is 15.1 Å². The van der Waals surface area contributed by atoms with Crippen LogP contribution in [0.25, 0.3) is 11.3 Å². The molecule has 1 aromatic heterocycles. The molecule has 6 nitrogen and oxygen atoms in total. The number of hydrogen-bond donors (Lipinski definition) is 1. The molecule has 0 fully saturated rings. The maximum absolute atomic E-state index is 12.7. The van der Waals surface area contributed by atoms with Gasteiger partial charge in [-0.2, -0.15) is 5.10 Å². The van der Waals surface area contributed by atoms with Crippen molar-refractivity contribution >= 4 is 11.9 Å². The summed E-state index contributed by atoms with van der Waals surface area (Å²) in [5.41, 5.74) is 5.20. The highest BCUT2D eigenvalue weighted by molar-refractivity contribution is 5.94. The average Bonchev–Trinajstić information content (AvgIpc) is 3.40. The fourth-order valence-corrected chi connectivity index (χ4v) is 4.09. The minimum atomic E-state index is -0.553. The SMILES string of the molecule is O=C(C[C@@H]1OC(=O)c2ccccc21)NCc1cn(Cc2ccccc2)nc1-c1ccccc1. The summed E-state index contributed by atoms with van der Waals surface area (Å²) in [5.74, 6) is -0.559. The lowest BCUT2D eigenvalue weighted by molar-refractivity contribution is -0.123. The maximum Gasteiger partial charge on any atom is 0.339 e. The van der Waals surface area contributed by atoms with Gasteiger partial charge in [0, 0.05) is 29.4 Å². The van der Waals surface area contributed by atoms with Gasteiger partial charge in [0.15, 0.2) is 0 Å². The number of rotatable bonds is 7. The number of carbonyl (C=O) groups excluding carboxylic acids is 2. The third kappa shape index (κ3) is 4.55. The van der Waals surface area contributed by atoms with Crippen molar-refractivity contribution < 1.29 is 14.3 Å². The monoisotopic (exact) mass is 437 g/mol. The van der Waals surface area contributed by atoms with Crippen molar-refractivity contribution in [3.05, 3.63) is 113 Å². The van der Waals surface area contributed by atoms with Crippen LogP contribution in [0.15, 0.2) is 91.1 Å². The largest absolute Gasteiger partial charge is 0.453 e. The van der Waals surface area contributed by atoms with Crippen molar-refractivity contribution in [2.24, 2.45) is 0 Å². The van der Waals surface area contributed by atoms with Crippen molar-refractivity contribution in [3.63, 3.8) is 0 Å². The van der Waals surface area contributed by atoms with E-state index in [1.807, 2.05) is 71.5 Å². The molecular formula is C27H23N3O3. The van der Waals surface area contributed by atoms with Gasteiger partial charge in [-0.05, 0) is 11.6 Å². The number of carbonyl (C=O) groups is 2. The summed E-state index contributed by atoms with van der Waals surface area (Å²) in [7, 11) is 0. The van der Waals surface area contributed by atoms with Gasteiger partial charge in [-0.15, -0.1) is 0 Å². The highest BCUT2D eigenvalue weighted by Crippen LogP contribution is 2.32. The fraction of sp³-hybridized carbons (Fsp3) is 0.148. The van der Waals surface area contributed by atoms with Crippen molar-refractivity contribution in [2.75, 3.05) is 0 Å². The van der Waals surface area contributed by atoms with E-state index in [1.165, 1.54) is 0 Å². The van der Waals surface area contributed by atoms with Gasteiger partial charge in [-0.3, -0.25) is 9.48 Å². The average molecular weight is 437 g/mol. The molecule has 1 aliphatic heterocycles. The zero-order valence-electron chi connectivity index (χ0n) is 18.0. The molecule has 1 amide bonds. The Labute approximate surface area is 191 Å². The highest BCUT2D eigenvalue weighted by atomic mass is 16.5. The number of nitrogens with zero attached hydrogens (tertiary/aromatic N) is 2. The molecule has 5 rings (SSSR count). The first kappa shape index (κ1) is 20.7. The van der Waals surface area contributed by atoms with Crippen LogP contribution in [0.4, 0.5) is 0 Å². The van der Waals surface area contributed by atoms with Gasteiger partial charge in [-0.25, -0.2) is 4.79 Å². The number of ether oxygens (including phenoxy) is 1. The molecule has 0 radical (unpaired) electrons. The lowest BCUT2D eigenvalue weighted by Crippen LogP contribution is -2.24. The Morgan fingerprint density at radius 3 is 2.42 bits per heavy atom. The molecule has 1 aliphatic rings. The van der Waals surface area contributed by atoms with E-state index in [-0.39, 0.29) is 18.3 Å². The number of nitrogens with one attached hydrogen (secondary N) is 1. The second kappa shape index (κ2) is 9.12. The zero-order valence-corrected chi connectivity index (χ0v) is 18.0. The molecule has 0 bridgehead atoms. The molecule has 1 atom stereocenters. The molecule has 0 spiro atoms. The quantitative estimate of drug-likeness (QED) is 0.432. The van der Waals surface area contributed by atoms with Crippen LogP contribution in [0.2, 0.25) is 0 Å². The number of hydrogen-bond acceptors (Lipinski definition) is 4. The highest BCUT2D eigenvalue weighted by Gasteiger charge is 2.32. The van der Waals surface area contributed by atoms with Gasteiger partial charge in [0.1, 0.15) is 6.10 Å². The molecule has 3 aromatic carbocycles. The first-order valence-electron chi connectivity index (χ1n) is 10.9. The van der Waals surface area contributed by atoms with Crippen LogP contribution in [-0.4, -0.2) is 21.7 Å². The molecular weight excluding hydrogens is 414 g/mol. The van der Waals surface area contributed by atoms with E-state index in [9.17, 15) is 9.59 Å². The van der Waals surface area contributed by atoms with Gasteiger partial charge in [0.25, 0.3) is 0 Å². The van der Waals surface area contributed by atoms with Crippen molar-refractivity contribution in [2.45, 2.75) is 25.6 Å². The minimum absolute atomic E-state index is 0.0849. The van der Waals surface area contributed by atoms with Crippen LogP contribution in [0.1, 0.15) is 39.6 Å². The first-order chi connectivity index (χ1) is 16.2. The molecule has 164 valence electrons. The lowest BCUT2D eigenvalue weighted by atomic mass is 10.0. The van der Waals surface area contributed by atoms with Crippen LogP contribution in [0.3, 0.4) is 0 Å². The Balaban J connectivity index is 1.31. The summed E-state index contributed by atoms with van der Waals surface area (Å²) in [5, 5.41) is 7.77. The number of aromatic nitrogens is 2. The third-order valence-corrected chi connectivity index (χ3v) is 5.70. The summed E-state index contributed by atoms with van der Waals surface area (Å²) >= 11 is 0. The smallest absolute Gasteiger partial charge is 0.339 e. The van der Waals surface area contributed by atoms with Crippen molar-refractivity contribution in [3.8, 4) is 11.3 Å². The molecule has 33 heavy (non-hydrogen) atoms. The fourth-order valence-electron chi connectivity index (χ4n) is 4.09. The molecule has 0 aliphatic carbocycles. The Morgan fingerprint density at radius 1 is 0.939 bits per heavy atom. The van der Waals surface area contributed by atoms with E-state index < -0.39 is 6.10 Å². The second-order valence-corrected chi connectivity index (χ2v) is 8.01. The normalized spacial score (nSPS) is 14.5. The number of benzene rings is 3. The molecule has 4 aromatic rings. The number of cyclic esters (lactones) is 1. The first-order valence-corrected chi connectivity index (χ1v) is 10.9. The van der Waals surface area contributed by atoms with E-state index in [0.717, 1.165) is 27.9 Å². The predicted octanol–water partition coefficient (Wildman–Crippen LogP) is 4.52. The minimum Gasteiger partial charge on any atom is -0.453 e. The number of amides is 1. The lowest BCUT2D eigenvalue weighted by Gasteiger charge is -2.11. The summed E-state index contributed by atoms with van der Waals surface area (Å²) in [6.07, 6.45) is 1.50. The van der Waals surface area contributed by atoms with Gasteiger partial charge in [-0.1, -0.05) is 78.9 Å². The van der Waals surface area contributed by atoms with E-state index in [0.29, 0.717) is 18.7 Å². The Morgan fingerprint density at radius 2 is 1.64 bits per heavy atom. The molecule has 0 saturated heterocycles. The molecule has 0 unspecified atom stereocenters. The Kier molecular flexibility index (Phi) is 5.72. The van der Waals surface area contributed by atoms with E-state index in [4.69, 9.17) is 9.84 Å². The van der Waals surface area contributed by atoms with Gasteiger partial charge < -0.3 is 10.1 Å². The van der Waals surface area contributed by atoms with E-state index in [2.05, 4.69) is 17.4 Å². The number of esters is 1. The van der Waals surface area contributed by atoms with Gasteiger partial charge >= 0.3 is 5.97 Å². The van der Waals surface area contributed by atoms with Gasteiger partial charge in [0.2, 0.25) is 5.91 Å². The van der Waals surface area contributed by atoms with E-state index in [1.54, 1.807) is 12.1 Å². The predicted molar refractivity (Wildman–Crippen MR) is 124 cm³/mol. The molecule has 2 heterocycles. The van der Waals surface area contributed by atoms with Crippen LogP contribution in [0.5, 0.6) is 0 Å². The Hall–Kier alpha value is -4.19. The summed E-state index contributed by atoms with van der Waals surface area (Å²) < 4.78 is 7.30. The topological polar surface area (TPSA) is 73.2 Å². The Bertz CT molecular complexity index is 1280. The summed E-state index contributed by atoms with van der Waals surface area (Å²) in [6, 6.07) is 27.2. The molecule has 6 heteroatoms. The standard InChI is InChI=1S/C27H23N3O3/c31-25(15-24-22-13-7-8-14-23(22)27(32)33-24)28-16-21-18-30(17-19-9-3-1-4-10-19)29-26(21)20-11-5-2-6-12-20/h1-14,18,24H,15-17H2,(H,28,31)/t24-/m0/s1. The summed E-state index contributed by atoms with van der Waals surface area (Å²) in [4.78, 5) is 24.7. The molecule has 1 N–H and O–H groups in total. The van der Waals surface area contributed by atoms with Crippen LogP contribution in [-0.2, 0) is 22.6 Å². The third-order valence-electron chi connectivity index (χ3n) is 5.70. The maximum atomic E-state index is 12.7. The van der Waals surface area contributed by atoms with Crippen molar-refractivity contribution in [1.29, 1.82) is 0 Å². The summed E-state index contributed by atoms with van der Waals surface area (Å²) in [6.45, 7) is 0.976. The zero-order chi connectivity index (χ0) is 22.6. The van der Waals surface area contributed by atoms with Gasteiger partial charge in [0.05, 0.1) is 24.2 Å². The van der Waals surface area contributed by atoms with Crippen LogP contribution in [0, 0.1) is 0 Å². The van der Waals surface area contributed by atoms with E-state index >= 15 is 0 Å². The second-order valence-electron chi connectivity index (χ2n) is 8.01. The van der Waals surface area contributed by atoms with Crippen LogP contribution >= 0.6 is 0 Å². The molecule has 0 saturated carbocycles. The number of fused-ring (bicyclic) bond motifs is 1.